The SMILES string of the molecule is Cc1cc(=O)c(C(=O)NCc2n[nH]c(=S)n2C)nn1-c1cccc(C(F)(F)F)c1. The maximum atomic E-state index is 13.0. The third-order valence-corrected chi connectivity index (χ3v) is 4.49. The molecule has 2 heterocycles. The average molecular weight is 424 g/mol. The maximum absolute atomic E-state index is 13.0. The van der Waals surface area contributed by atoms with Crippen molar-refractivity contribution in [3.8, 4) is 5.69 Å². The fraction of sp³-hybridized carbons (Fsp3) is 0.235. The third-order valence-electron chi connectivity index (χ3n) is 4.12. The third kappa shape index (κ3) is 4.26. The quantitative estimate of drug-likeness (QED) is 0.627. The van der Waals surface area contributed by atoms with Crippen LogP contribution in [0.1, 0.15) is 27.6 Å². The van der Waals surface area contributed by atoms with E-state index in [0.717, 1.165) is 22.9 Å². The molecule has 3 aromatic rings. The minimum atomic E-state index is -4.54. The number of aromatic nitrogens is 5. The van der Waals surface area contributed by atoms with Crippen LogP contribution in [-0.4, -0.2) is 30.5 Å². The highest BCUT2D eigenvalue weighted by atomic mass is 32.1. The van der Waals surface area contributed by atoms with Gasteiger partial charge < -0.3 is 9.88 Å². The summed E-state index contributed by atoms with van der Waals surface area (Å²) in [6, 6.07) is 5.57. The number of carbonyl (C=O) groups is 1. The number of hydrogen-bond acceptors (Lipinski definition) is 5. The van der Waals surface area contributed by atoms with E-state index in [1.54, 1.807) is 11.6 Å². The summed E-state index contributed by atoms with van der Waals surface area (Å²) in [6.07, 6.45) is -4.54. The highest BCUT2D eigenvalue weighted by Gasteiger charge is 2.30. The van der Waals surface area contributed by atoms with Gasteiger partial charge in [0, 0.05) is 18.8 Å². The number of amides is 1. The number of H-pyrrole nitrogens is 1. The zero-order valence-electron chi connectivity index (χ0n) is 15.2. The summed E-state index contributed by atoms with van der Waals surface area (Å²) in [4.78, 5) is 24.7. The first kappa shape index (κ1) is 20.5. The first-order valence-corrected chi connectivity index (χ1v) is 8.66. The van der Waals surface area contributed by atoms with Crippen molar-refractivity contribution >= 4 is 18.1 Å². The van der Waals surface area contributed by atoms with Gasteiger partial charge >= 0.3 is 6.18 Å². The first-order chi connectivity index (χ1) is 13.6. The molecular formula is C17H15F3N6O2S. The Labute approximate surface area is 167 Å². The number of nitrogens with zero attached hydrogens (tertiary/aromatic N) is 4. The van der Waals surface area contributed by atoms with E-state index in [9.17, 15) is 22.8 Å². The van der Waals surface area contributed by atoms with E-state index in [-0.39, 0.29) is 17.9 Å². The van der Waals surface area contributed by atoms with Gasteiger partial charge in [-0.05, 0) is 37.3 Å². The van der Waals surface area contributed by atoms with E-state index >= 15 is 0 Å². The summed E-state index contributed by atoms with van der Waals surface area (Å²) in [7, 11) is 1.65. The second-order valence-electron chi connectivity index (χ2n) is 6.15. The molecule has 0 unspecified atom stereocenters. The van der Waals surface area contributed by atoms with Crippen LogP contribution in [0.5, 0.6) is 0 Å². The summed E-state index contributed by atoms with van der Waals surface area (Å²) in [6.45, 7) is 1.48. The van der Waals surface area contributed by atoms with Gasteiger partial charge in [0.25, 0.3) is 5.91 Å². The molecule has 0 aliphatic heterocycles. The number of benzene rings is 1. The molecule has 2 N–H and O–H groups in total. The predicted molar refractivity (Wildman–Crippen MR) is 99.1 cm³/mol. The smallest absolute Gasteiger partial charge is 0.343 e. The number of halogens is 3. The molecule has 1 amide bonds. The van der Waals surface area contributed by atoms with Crippen molar-refractivity contribution in [1.82, 2.24) is 29.9 Å². The second kappa shape index (κ2) is 7.62. The summed E-state index contributed by atoms with van der Waals surface area (Å²) in [5.41, 5.74) is -1.63. The van der Waals surface area contributed by atoms with Crippen molar-refractivity contribution in [2.24, 2.45) is 7.05 Å². The van der Waals surface area contributed by atoms with Crippen molar-refractivity contribution in [2.75, 3.05) is 0 Å². The Hall–Kier alpha value is -3.28. The van der Waals surface area contributed by atoms with E-state index < -0.39 is 28.8 Å². The van der Waals surface area contributed by atoms with E-state index in [4.69, 9.17) is 12.2 Å². The Morgan fingerprint density at radius 2 is 2.03 bits per heavy atom. The summed E-state index contributed by atoms with van der Waals surface area (Å²) in [5, 5.41) is 13.0. The van der Waals surface area contributed by atoms with Crippen molar-refractivity contribution in [1.29, 1.82) is 0 Å². The average Bonchev–Trinajstić information content (AvgIpc) is 2.97. The molecule has 0 aliphatic carbocycles. The highest BCUT2D eigenvalue weighted by Crippen LogP contribution is 2.30. The van der Waals surface area contributed by atoms with Gasteiger partial charge in [0.05, 0.1) is 17.8 Å². The van der Waals surface area contributed by atoms with Gasteiger partial charge in [-0.3, -0.25) is 14.7 Å². The summed E-state index contributed by atoms with van der Waals surface area (Å²) in [5.74, 6) is -0.363. The van der Waals surface area contributed by atoms with Crippen LogP contribution in [0.4, 0.5) is 13.2 Å². The van der Waals surface area contributed by atoms with Crippen LogP contribution in [0, 0.1) is 11.7 Å². The Balaban J connectivity index is 1.93. The number of aryl methyl sites for hydroxylation is 1. The van der Waals surface area contributed by atoms with Crippen LogP contribution >= 0.6 is 12.2 Å². The van der Waals surface area contributed by atoms with Crippen LogP contribution in [0.25, 0.3) is 5.69 Å². The number of alkyl halides is 3. The predicted octanol–water partition coefficient (Wildman–Crippen LogP) is 2.28. The number of aromatic amines is 1. The van der Waals surface area contributed by atoms with E-state index in [1.807, 2.05) is 0 Å². The molecule has 0 spiro atoms. The summed E-state index contributed by atoms with van der Waals surface area (Å²) >= 11 is 4.98. The Kier molecular flexibility index (Phi) is 5.38. The molecule has 0 aliphatic rings. The normalized spacial score (nSPS) is 11.5. The van der Waals surface area contributed by atoms with Crippen LogP contribution in [-0.2, 0) is 19.8 Å². The number of rotatable bonds is 4. The largest absolute Gasteiger partial charge is 0.416 e. The zero-order chi connectivity index (χ0) is 21.3. The van der Waals surface area contributed by atoms with Gasteiger partial charge in [-0.15, -0.1) is 0 Å². The standard InChI is InChI=1S/C17H15F3N6O2S/c1-9-6-12(27)14(15(28)21-8-13-22-23-16(29)25(13)2)24-26(9)11-5-3-4-10(7-11)17(18,19)20/h3-7H,8H2,1-2H3,(H,21,28)(H,23,29). The lowest BCUT2D eigenvalue weighted by Crippen LogP contribution is -2.32. The zero-order valence-corrected chi connectivity index (χ0v) is 16.1. The van der Waals surface area contributed by atoms with Gasteiger partial charge in [0.15, 0.2) is 16.3 Å². The molecule has 2 aromatic heterocycles. The van der Waals surface area contributed by atoms with E-state index in [1.165, 1.54) is 19.1 Å². The van der Waals surface area contributed by atoms with Crippen LogP contribution in [0.2, 0.25) is 0 Å². The fourth-order valence-corrected chi connectivity index (χ4v) is 2.71. The molecule has 12 heteroatoms. The van der Waals surface area contributed by atoms with Gasteiger partial charge in [0.1, 0.15) is 0 Å². The number of nitrogens with one attached hydrogen (secondary N) is 2. The van der Waals surface area contributed by atoms with Crippen molar-refractivity contribution in [3.63, 3.8) is 0 Å². The molecule has 0 saturated heterocycles. The Morgan fingerprint density at radius 3 is 2.66 bits per heavy atom. The molecule has 0 atom stereocenters. The minimum absolute atomic E-state index is 0.0268. The van der Waals surface area contributed by atoms with Crippen molar-refractivity contribution in [2.45, 2.75) is 19.6 Å². The van der Waals surface area contributed by atoms with Crippen molar-refractivity contribution in [3.05, 3.63) is 68.1 Å². The maximum Gasteiger partial charge on any atom is 0.416 e. The molecule has 3 rings (SSSR count). The van der Waals surface area contributed by atoms with Crippen molar-refractivity contribution < 1.29 is 18.0 Å². The fourth-order valence-electron chi connectivity index (χ4n) is 2.56. The Morgan fingerprint density at radius 1 is 1.31 bits per heavy atom. The number of carbonyl (C=O) groups excluding carboxylic acids is 1. The molecule has 0 fully saturated rings. The van der Waals surface area contributed by atoms with Gasteiger partial charge in [-0.2, -0.15) is 23.4 Å². The molecule has 0 radical (unpaired) electrons. The molecule has 29 heavy (non-hydrogen) atoms. The highest BCUT2D eigenvalue weighted by molar-refractivity contribution is 7.71. The van der Waals surface area contributed by atoms with E-state index in [2.05, 4.69) is 20.6 Å². The minimum Gasteiger partial charge on any atom is -0.343 e. The van der Waals surface area contributed by atoms with Crippen LogP contribution < -0.4 is 10.7 Å². The first-order valence-electron chi connectivity index (χ1n) is 8.25. The van der Waals surface area contributed by atoms with E-state index in [0.29, 0.717) is 10.6 Å². The molecular weight excluding hydrogens is 409 g/mol. The molecule has 0 bridgehead atoms. The van der Waals surface area contributed by atoms with Gasteiger partial charge in [-0.1, -0.05) is 6.07 Å². The Bertz CT molecular complexity index is 1190. The lowest BCUT2D eigenvalue weighted by molar-refractivity contribution is -0.137. The lowest BCUT2D eigenvalue weighted by atomic mass is 10.2. The molecule has 1 aromatic carbocycles. The molecule has 0 saturated carbocycles. The monoisotopic (exact) mass is 424 g/mol. The van der Waals surface area contributed by atoms with Gasteiger partial charge in [0.2, 0.25) is 5.43 Å². The molecule has 8 nitrogen and oxygen atoms in total. The lowest BCUT2D eigenvalue weighted by Gasteiger charge is -2.13. The molecule has 152 valence electrons. The number of hydrogen-bond donors (Lipinski definition) is 2. The van der Waals surface area contributed by atoms with Crippen LogP contribution in [0.15, 0.2) is 35.1 Å². The topological polar surface area (TPSA) is 97.6 Å². The summed E-state index contributed by atoms with van der Waals surface area (Å²) < 4.78 is 42.0. The van der Waals surface area contributed by atoms with Gasteiger partial charge in [-0.25, -0.2) is 4.68 Å². The van der Waals surface area contributed by atoms with Crippen LogP contribution in [0.3, 0.4) is 0 Å². The second-order valence-corrected chi connectivity index (χ2v) is 6.53.